The standard InChI is InChI=1S/C19H25N3O2/c1-14(17-3-2-16-6-9-24-19(16)10-17)21-7-4-18(5-8-21)22-12-15(13-23)11-20-22/h2-3,10-12,14,18,23H,4-9,13H2,1H3. The van der Waals surface area contributed by atoms with Crippen molar-refractivity contribution in [2.75, 3.05) is 19.7 Å². The zero-order valence-electron chi connectivity index (χ0n) is 14.2. The second kappa shape index (κ2) is 6.57. The molecule has 24 heavy (non-hydrogen) atoms. The third kappa shape index (κ3) is 2.94. The first-order valence-corrected chi connectivity index (χ1v) is 8.88. The Morgan fingerprint density at radius 1 is 1.33 bits per heavy atom. The summed E-state index contributed by atoms with van der Waals surface area (Å²) in [6.45, 7) is 5.31. The van der Waals surface area contributed by atoms with E-state index in [0.717, 1.165) is 50.3 Å². The summed E-state index contributed by atoms with van der Waals surface area (Å²) in [5, 5.41) is 13.6. The Labute approximate surface area is 142 Å². The van der Waals surface area contributed by atoms with Gasteiger partial charge in [-0.2, -0.15) is 5.10 Å². The van der Waals surface area contributed by atoms with Crippen LogP contribution in [0.1, 0.15) is 48.5 Å². The Balaban J connectivity index is 1.40. The van der Waals surface area contributed by atoms with Crippen LogP contribution in [0.5, 0.6) is 5.75 Å². The molecule has 2 aliphatic rings. The summed E-state index contributed by atoms with van der Waals surface area (Å²) >= 11 is 0. The monoisotopic (exact) mass is 327 g/mol. The minimum Gasteiger partial charge on any atom is -0.493 e. The number of benzene rings is 1. The van der Waals surface area contributed by atoms with Crippen molar-refractivity contribution in [1.82, 2.24) is 14.7 Å². The van der Waals surface area contributed by atoms with E-state index in [4.69, 9.17) is 4.74 Å². The van der Waals surface area contributed by atoms with Gasteiger partial charge in [0.15, 0.2) is 0 Å². The molecule has 0 aliphatic carbocycles. The molecule has 1 atom stereocenters. The topological polar surface area (TPSA) is 50.5 Å². The Hall–Kier alpha value is -1.85. The number of aliphatic hydroxyl groups excluding tert-OH is 1. The van der Waals surface area contributed by atoms with Crippen LogP contribution < -0.4 is 4.74 Å². The molecular formula is C19H25N3O2. The average molecular weight is 327 g/mol. The molecule has 1 aromatic heterocycles. The molecule has 0 bridgehead atoms. The first kappa shape index (κ1) is 15.7. The van der Waals surface area contributed by atoms with Crippen LogP contribution in [0, 0.1) is 0 Å². The number of aliphatic hydroxyl groups is 1. The van der Waals surface area contributed by atoms with Gasteiger partial charge in [-0.25, -0.2) is 0 Å². The lowest BCUT2D eigenvalue weighted by molar-refractivity contribution is 0.138. The highest BCUT2D eigenvalue weighted by Crippen LogP contribution is 2.33. The van der Waals surface area contributed by atoms with Crippen LogP contribution >= 0.6 is 0 Å². The number of fused-ring (bicyclic) bond motifs is 1. The van der Waals surface area contributed by atoms with Gasteiger partial charge in [0.2, 0.25) is 0 Å². The van der Waals surface area contributed by atoms with Crippen LogP contribution in [0.15, 0.2) is 30.6 Å². The van der Waals surface area contributed by atoms with E-state index in [1.165, 1.54) is 11.1 Å². The van der Waals surface area contributed by atoms with Gasteiger partial charge >= 0.3 is 0 Å². The zero-order valence-corrected chi connectivity index (χ0v) is 14.2. The molecule has 1 aromatic carbocycles. The van der Waals surface area contributed by atoms with Crippen molar-refractivity contribution in [2.45, 2.75) is 44.9 Å². The second-order valence-electron chi connectivity index (χ2n) is 6.90. The van der Waals surface area contributed by atoms with E-state index in [1.807, 2.05) is 10.9 Å². The molecule has 5 heteroatoms. The molecule has 2 aromatic rings. The van der Waals surface area contributed by atoms with Crippen molar-refractivity contribution in [2.24, 2.45) is 0 Å². The molecule has 3 heterocycles. The van der Waals surface area contributed by atoms with Gasteiger partial charge in [-0.3, -0.25) is 9.58 Å². The summed E-state index contributed by atoms with van der Waals surface area (Å²) in [7, 11) is 0. The van der Waals surface area contributed by atoms with Crippen LogP contribution in [0.25, 0.3) is 0 Å². The zero-order chi connectivity index (χ0) is 16.5. The van der Waals surface area contributed by atoms with E-state index in [1.54, 1.807) is 6.20 Å². The quantitative estimate of drug-likeness (QED) is 0.938. The molecule has 1 fully saturated rings. The van der Waals surface area contributed by atoms with Crippen molar-refractivity contribution < 1.29 is 9.84 Å². The average Bonchev–Trinajstić information content (AvgIpc) is 3.29. The fourth-order valence-corrected chi connectivity index (χ4v) is 3.85. The normalized spacial score (nSPS) is 19.9. The molecule has 5 nitrogen and oxygen atoms in total. The van der Waals surface area contributed by atoms with Crippen molar-refractivity contribution in [3.8, 4) is 5.75 Å². The highest BCUT2D eigenvalue weighted by Gasteiger charge is 2.25. The number of ether oxygens (including phenoxy) is 1. The summed E-state index contributed by atoms with van der Waals surface area (Å²) in [6.07, 6.45) is 6.97. The molecule has 128 valence electrons. The lowest BCUT2D eigenvalue weighted by atomic mass is 9.99. The number of nitrogens with zero attached hydrogens (tertiary/aromatic N) is 3. The Morgan fingerprint density at radius 2 is 2.17 bits per heavy atom. The van der Waals surface area contributed by atoms with Crippen LogP contribution in [0.2, 0.25) is 0 Å². The highest BCUT2D eigenvalue weighted by atomic mass is 16.5. The SMILES string of the molecule is CC(c1ccc2c(c1)OCC2)N1CCC(n2cc(CO)cn2)CC1. The smallest absolute Gasteiger partial charge is 0.122 e. The fraction of sp³-hybridized carbons (Fsp3) is 0.526. The third-order valence-corrected chi connectivity index (χ3v) is 5.46. The van der Waals surface area contributed by atoms with Crippen LogP contribution in [0.4, 0.5) is 0 Å². The number of hydrogen-bond donors (Lipinski definition) is 1. The van der Waals surface area contributed by atoms with Crippen molar-refractivity contribution >= 4 is 0 Å². The molecule has 2 aliphatic heterocycles. The van der Waals surface area contributed by atoms with Crippen LogP contribution in [0.3, 0.4) is 0 Å². The summed E-state index contributed by atoms with van der Waals surface area (Å²) in [4.78, 5) is 2.55. The summed E-state index contributed by atoms with van der Waals surface area (Å²) in [5.41, 5.74) is 3.57. The maximum Gasteiger partial charge on any atom is 0.122 e. The highest BCUT2D eigenvalue weighted by molar-refractivity contribution is 5.41. The molecule has 1 unspecified atom stereocenters. The van der Waals surface area contributed by atoms with E-state index < -0.39 is 0 Å². The van der Waals surface area contributed by atoms with Gasteiger partial charge in [-0.1, -0.05) is 12.1 Å². The van der Waals surface area contributed by atoms with Gasteiger partial charge in [-0.15, -0.1) is 0 Å². The number of likely N-dealkylation sites (tertiary alicyclic amines) is 1. The van der Waals surface area contributed by atoms with E-state index in [-0.39, 0.29) is 6.61 Å². The van der Waals surface area contributed by atoms with E-state index in [0.29, 0.717) is 12.1 Å². The predicted octanol–water partition coefficient (Wildman–Crippen LogP) is 2.71. The van der Waals surface area contributed by atoms with Gasteiger partial charge in [0.05, 0.1) is 25.5 Å². The van der Waals surface area contributed by atoms with Crippen LogP contribution in [-0.4, -0.2) is 39.5 Å². The maximum atomic E-state index is 9.19. The maximum absolute atomic E-state index is 9.19. The summed E-state index contributed by atoms with van der Waals surface area (Å²) < 4.78 is 7.74. The van der Waals surface area contributed by atoms with Gasteiger partial charge in [0.1, 0.15) is 5.75 Å². The molecule has 1 N–H and O–H groups in total. The largest absolute Gasteiger partial charge is 0.493 e. The minimum absolute atomic E-state index is 0.0658. The van der Waals surface area contributed by atoms with Crippen LogP contribution in [-0.2, 0) is 13.0 Å². The fourth-order valence-electron chi connectivity index (χ4n) is 3.85. The number of hydrogen-bond acceptors (Lipinski definition) is 4. The first-order valence-electron chi connectivity index (χ1n) is 8.88. The number of piperidine rings is 1. The molecule has 0 radical (unpaired) electrons. The minimum atomic E-state index is 0.0658. The van der Waals surface area contributed by atoms with Crippen molar-refractivity contribution in [3.05, 3.63) is 47.3 Å². The molecule has 0 spiro atoms. The summed E-state index contributed by atoms with van der Waals surface area (Å²) in [5.74, 6) is 1.07. The van der Waals surface area contributed by atoms with Gasteiger partial charge in [-0.05, 0) is 37.0 Å². The number of aromatic nitrogens is 2. The molecular weight excluding hydrogens is 302 g/mol. The first-order chi connectivity index (χ1) is 11.7. The lowest BCUT2D eigenvalue weighted by Gasteiger charge is -2.36. The third-order valence-electron chi connectivity index (χ3n) is 5.46. The van der Waals surface area contributed by atoms with Gasteiger partial charge < -0.3 is 9.84 Å². The Bertz CT molecular complexity index is 704. The van der Waals surface area contributed by atoms with E-state index in [2.05, 4.69) is 35.1 Å². The van der Waals surface area contributed by atoms with E-state index >= 15 is 0 Å². The Morgan fingerprint density at radius 3 is 2.92 bits per heavy atom. The molecule has 4 rings (SSSR count). The van der Waals surface area contributed by atoms with Crippen molar-refractivity contribution in [3.63, 3.8) is 0 Å². The van der Waals surface area contributed by atoms with Crippen molar-refractivity contribution in [1.29, 1.82) is 0 Å². The molecule has 1 saturated heterocycles. The second-order valence-corrected chi connectivity index (χ2v) is 6.90. The Kier molecular flexibility index (Phi) is 4.29. The predicted molar refractivity (Wildman–Crippen MR) is 92.0 cm³/mol. The molecule has 0 saturated carbocycles. The number of rotatable bonds is 4. The summed E-state index contributed by atoms with van der Waals surface area (Å²) in [6, 6.07) is 7.55. The van der Waals surface area contributed by atoms with Gasteiger partial charge in [0.25, 0.3) is 0 Å². The van der Waals surface area contributed by atoms with E-state index in [9.17, 15) is 5.11 Å². The lowest BCUT2D eigenvalue weighted by Crippen LogP contribution is -2.36. The molecule has 0 amide bonds. The van der Waals surface area contributed by atoms with Gasteiger partial charge in [0, 0.05) is 37.3 Å².